The van der Waals surface area contributed by atoms with E-state index >= 15 is 0 Å². The van der Waals surface area contributed by atoms with Crippen LogP contribution in [0.2, 0.25) is 0 Å². The van der Waals surface area contributed by atoms with Gasteiger partial charge in [-0.2, -0.15) is 8.78 Å². The fraction of sp³-hybridized carbons (Fsp3) is 0.200. The molecule has 140 valence electrons. The summed E-state index contributed by atoms with van der Waals surface area (Å²) in [4.78, 5) is -0.895. The van der Waals surface area contributed by atoms with Crippen molar-refractivity contribution in [3.8, 4) is 11.5 Å². The van der Waals surface area contributed by atoms with Gasteiger partial charge in [-0.25, -0.2) is 21.6 Å². The summed E-state index contributed by atoms with van der Waals surface area (Å²) in [5.74, 6) is -2.51. The van der Waals surface area contributed by atoms with Gasteiger partial charge in [-0.1, -0.05) is 6.07 Å². The molecule has 1 aliphatic heterocycles. The van der Waals surface area contributed by atoms with Gasteiger partial charge < -0.3 is 9.47 Å². The van der Waals surface area contributed by atoms with Gasteiger partial charge >= 0.3 is 5.76 Å². The summed E-state index contributed by atoms with van der Waals surface area (Å²) in [5.41, 5.74) is 0.620. The van der Waals surface area contributed by atoms with Crippen LogP contribution in [0.25, 0.3) is 0 Å². The molecule has 0 aromatic heterocycles. The minimum absolute atomic E-state index is 0.0456. The normalized spacial score (nSPS) is 14.0. The van der Waals surface area contributed by atoms with E-state index in [9.17, 15) is 25.6 Å². The first-order chi connectivity index (χ1) is 12.2. The maximum Gasteiger partial charge on any atom is 0.341 e. The van der Waals surface area contributed by atoms with E-state index in [1.807, 2.05) is 0 Å². The molecule has 0 bridgehead atoms. The van der Waals surface area contributed by atoms with Gasteiger partial charge in [0.2, 0.25) is 26.7 Å². The molecule has 1 heterocycles. The SMILES string of the molecule is O=S(=O)(NCc1ccc2c(c1)OCO2)c1ccc(S(=O)(=O)C(F)F)cc1. The molecule has 1 N–H and O–H groups in total. The molecule has 3 rings (SSSR count). The molecular weight excluding hydrogens is 392 g/mol. The summed E-state index contributed by atoms with van der Waals surface area (Å²) in [5, 5.41) is 0. The Morgan fingerprint density at radius 1 is 0.923 bits per heavy atom. The molecule has 1 aliphatic rings. The number of hydrogen-bond acceptors (Lipinski definition) is 6. The first-order valence-electron chi connectivity index (χ1n) is 7.20. The van der Waals surface area contributed by atoms with Crippen molar-refractivity contribution in [1.29, 1.82) is 0 Å². The summed E-state index contributed by atoms with van der Waals surface area (Å²) in [6.07, 6.45) is 0. The molecule has 0 radical (unpaired) electrons. The summed E-state index contributed by atoms with van der Waals surface area (Å²) in [6.45, 7) is 0.0500. The highest BCUT2D eigenvalue weighted by atomic mass is 32.2. The maximum atomic E-state index is 12.5. The molecule has 0 spiro atoms. The van der Waals surface area contributed by atoms with Crippen molar-refractivity contribution in [2.75, 3.05) is 6.79 Å². The largest absolute Gasteiger partial charge is 0.454 e. The Balaban J connectivity index is 1.74. The maximum absolute atomic E-state index is 12.5. The molecule has 26 heavy (non-hydrogen) atoms. The second-order valence-electron chi connectivity index (χ2n) is 5.29. The third-order valence-electron chi connectivity index (χ3n) is 3.60. The van der Waals surface area contributed by atoms with Crippen LogP contribution in [0.3, 0.4) is 0 Å². The predicted octanol–water partition coefficient (Wildman–Crippen LogP) is 1.89. The van der Waals surface area contributed by atoms with Gasteiger partial charge in [0.05, 0.1) is 9.79 Å². The zero-order valence-electron chi connectivity index (χ0n) is 13.1. The molecule has 7 nitrogen and oxygen atoms in total. The summed E-state index contributed by atoms with van der Waals surface area (Å²) < 4.78 is 85.0. The summed E-state index contributed by atoms with van der Waals surface area (Å²) in [7, 11) is -8.73. The van der Waals surface area contributed by atoms with E-state index in [2.05, 4.69) is 4.72 Å². The Hall–Kier alpha value is -2.24. The highest BCUT2D eigenvalue weighted by Crippen LogP contribution is 2.32. The molecule has 0 saturated carbocycles. The third-order valence-corrected chi connectivity index (χ3v) is 6.42. The van der Waals surface area contributed by atoms with Crippen LogP contribution in [-0.2, 0) is 26.4 Å². The fourth-order valence-corrected chi connectivity index (χ4v) is 3.96. The van der Waals surface area contributed by atoms with Gasteiger partial charge in [-0.15, -0.1) is 0 Å². The van der Waals surface area contributed by atoms with Crippen LogP contribution in [0.4, 0.5) is 8.78 Å². The van der Waals surface area contributed by atoms with Crippen molar-refractivity contribution in [3.05, 3.63) is 48.0 Å². The van der Waals surface area contributed by atoms with Gasteiger partial charge in [0.1, 0.15) is 0 Å². The van der Waals surface area contributed by atoms with Gasteiger partial charge in [-0.3, -0.25) is 0 Å². The molecule has 2 aromatic rings. The van der Waals surface area contributed by atoms with E-state index in [-0.39, 0.29) is 18.2 Å². The molecule has 0 fully saturated rings. The number of nitrogens with one attached hydrogen (secondary N) is 1. The molecule has 0 saturated heterocycles. The number of rotatable bonds is 6. The lowest BCUT2D eigenvalue weighted by Crippen LogP contribution is -2.23. The second-order valence-corrected chi connectivity index (χ2v) is 8.97. The molecule has 11 heteroatoms. The van der Waals surface area contributed by atoms with Gasteiger partial charge in [0.25, 0.3) is 0 Å². The van der Waals surface area contributed by atoms with Crippen molar-refractivity contribution >= 4 is 19.9 Å². The minimum Gasteiger partial charge on any atom is -0.454 e. The quantitative estimate of drug-likeness (QED) is 0.788. The lowest BCUT2D eigenvalue weighted by atomic mass is 10.2. The van der Waals surface area contributed by atoms with Crippen molar-refractivity contribution in [2.45, 2.75) is 22.1 Å². The van der Waals surface area contributed by atoms with Crippen LogP contribution < -0.4 is 14.2 Å². The smallest absolute Gasteiger partial charge is 0.341 e. The Morgan fingerprint density at radius 2 is 1.54 bits per heavy atom. The molecular formula is C15H13F2NO6S2. The number of sulfonamides is 1. The number of sulfone groups is 1. The first kappa shape index (κ1) is 18.5. The highest BCUT2D eigenvalue weighted by molar-refractivity contribution is 7.91. The lowest BCUT2D eigenvalue weighted by Gasteiger charge is -2.09. The Bertz CT molecular complexity index is 1020. The summed E-state index contributed by atoms with van der Waals surface area (Å²) in [6, 6.07) is 8.51. The number of fused-ring (bicyclic) bond motifs is 1. The topological polar surface area (TPSA) is 98.8 Å². The summed E-state index contributed by atoms with van der Waals surface area (Å²) >= 11 is 0. The molecule has 0 amide bonds. The Kier molecular flexibility index (Phi) is 4.86. The average Bonchev–Trinajstić information content (AvgIpc) is 3.08. The number of ether oxygens (including phenoxy) is 2. The van der Waals surface area contributed by atoms with E-state index in [0.717, 1.165) is 24.3 Å². The number of benzene rings is 2. The number of alkyl halides is 2. The van der Waals surface area contributed by atoms with Crippen molar-refractivity contribution in [1.82, 2.24) is 4.72 Å². The predicted molar refractivity (Wildman–Crippen MR) is 86.2 cm³/mol. The molecule has 0 atom stereocenters. The zero-order chi connectivity index (χ0) is 18.9. The van der Waals surface area contributed by atoms with Crippen LogP contribution >= 0.6 is 0 Å². The van der Waals surface area contributed by atoms with E-state index in [4.69, 9.17) is 9.47 Å². The minimum atomic E-state index is -4.77. The standard InChI is InChI=1S/C15H13F2NO6S2/c16-15(17)25(19,20)11-2-4-12(5-3-11)26(21,22)18-8-10-1-6-13-14(7-10)24-9-23-13/h1-7,15,18H,8-9H2. The molecule has 0 aliphatic carbocycles. The lowest BCUT2D eigenvalue weighted by molar-refractivity contribution is 0.174. The van der Waals surface area contributed by atoms with Crippen LogP contribution in [-0.4, -0.2) is 29.4 Å². The van der Waals surface area contributed by atoms with Gasteiger partial charge in [0.15, 0.2) is 11.5 Å². The monoisotopic (exact) mass is 405 g/mol. The van der Waals surface area contributed by atoms with Crippen LogP contribution in [0.15, 0.2) is 52.3 Å². The first-order valence-corrected chi connectivity index (χ1v) is 10.2. The number of halogens is 2. The second kappa shape index (κ2) is 6.82. The fourth-order valence-electron chi connectivity index (χ4n) is 2.22. The van der Waals surface area contributed by atoms with Gasteiger partial charge in [0, 0.05) is 6.54 Å². The number of hydrogen-bond donors (Lipinski definition) is 1. The highest BCUT2D eigenvalue weighted by Gasteiger charge is 2.27. The van der Waals surface area contributed by atoms with Gasteiger partial charge in [-0.05, 0) is 42.0 Å². The van der Waals surface area contributed by atoms with Crippen LogP contribution in [0.5, 0.6) is 11.5 Å². The van der Waals surface area contributed by atoms with E-state index in [1.54, 1.807) is 18.2 Å². The Labute approximate surface area is 148 Å². The van der Waals surface area contributed by atoms with Crippen molar-refractivity contribution in [2.24, 2.45) is 0 Å². The van der Waals surface area contributed by atoms with E-state index in [0.29, 0.717) is 17.1 Å². The molecule has 0 unspecified atom stereocenters. The Morgan fingerprint density at radius 3 is 2.19 bits per heavy atom. The third kappa shape index (κ3) is 3.64. The molecule has 2 aromatic carbocycles. The zero-order valence-corrected chi connectivity index (χ0v) is 14.7. The van der Waals surface area contributed by atoms with E-state index in [1.165, 1.54) is 0 Å². The van der Waals surface area contributed by atoms with Crippen LogP contribution in [0, 0.1) is 0 Å². The van der Waals surface area contributed by atoms with E-state index < -0.39 is 30.5 Å². The van der Waals surface area contributed by atoms with Crippen LogP contribution in [0.1, 0.15) is 5.56 Å². The van der Waals surface area contributed by atoms with Crippen molar-refractivity contribution in [3.63, 3.8) is 0 Å². The van der Waals surface area contributed by atoms with Crippen molar-refractivity contribution < 1.29 is 35.1 Å². The average molecular weight is 405 g/mol.